The molecule has 2 aromatic rings. The van der Waals surface area contributed by atoms with E-state index in [9.17, 15) is 18.0 Å². The van der Waals surface area contributed by atoms with Crippen molar-refractivity contribution in [1.29, 1.82) is 0 Å². The van der Waals surface area contributed by atoms with E-state index in [0.717, 1.165) is 37.2 Å². The molecule has 2 fully saturated rings. The van der Waals surface area contributed by atoms with Gasteiger partial charge in [-0.3, -0.25) is 0 Å². The lowest BCUT2D eigenvalue weighted by Crippen LogP contribution is -2.30. The molecule has 0 spiro atoms. The van der Waals surface area contributed by atoms with E-state index < -0.39 is 35.0 Å². The van der Waals surface area contributed by atoms with Crippen LogP contribution in [-0.2, 0) is 0 Å². The Labute approximate surface area is 211 Å². The number of hydrogen-bond donors (Lipinski definition) is 0. The van der Waals surface area contributed by atoms with E-state index >= 15 is 4.39 Å². The maximum atomic E-state index is 15.1. The van der Waals surface area contributed by atoms with E-state index in [2.05, 4.69) is 6.92 Å². The molecule has 0 heterocycles. The van der Waals surface area contributed by atoms with Gasteiger partial charge in [0, 0.05) is 12.1 Å². The van der Waals surface area contributed by atoms with Crippen molar-refractivity contribution in [3.63, 3.8) is 0 Å². The van der Waals surface area contributed by atoms with Gasteiger partial charge < -0.3 is 4.74 Å². The number of rotatable bonds is 9. The molecule has 0 saturated heterocycles. The minimum Gasteiger partial charge on any atom is -0.423 e. The Morgan fingerprint density at radius 1 is 0.833 bits per heavy atom. The summed E-state index contributed by atoms with van der Waals surface area (Å²) in [5.41, 5.74) is 0.552. The summed E-state index contributed by atoms with van der Waals surface area (Å²) in [6, 6.07) is 5.40. The number of fused-ring (bicyclic) bond motifs is 1. The van der Waals surface area contributed by atoms with Crippen LogP contribution in [0.2, 0.25) is 0 Å². The molecule has 6 heteroatoms. The van der Waals surface area contributed by atoms with Gasteiger partial charge in [-0.05, 0) is 73.5 Å². The van der Waals surface area contributed by atoms with E-state index in [4.69, 9.17) is 4.74 Å². The number of ether oxygens (including phenoxy) is 1. The molecule has 2 aliphatic carbocycles. The van der Waals surface area contributed by atoms with Gasteiger partial charge in [0.25, 0.3) is 0 Å². The smallest absolute Gasteiger partial charge is 0.343 e. The van der Waals surface area contributed by atoms with Crippen molar-refractivity contribution in [2.45, 2.75) is 89.9 Å². The fourth-order valence-corrected chi connectivity index (χ4v) is 6.31. The molecule has 2 nitrogen and oxygen atoms in total. The third kappa shape index (κ3) is 6.49. The largest absolute Gasteiger partial charge is 0.423 e. The molecule has 0 bridgehead atoms. The van der Waals surface area contributed by atoms with Crippen LogP contribution >= 0.6 is 0 Å². The molecular weight excluding hydrogens is 468 g/mol. The van der Waals surface area contributed by atoms with Crippen molar-refractivity contribution in [2.24, 2.45) is 17.8 Å². The molecule has 4 rings (SSSR count). The van der Waals surface area contributed by atoms with Gasteiger partial charge >= 0.3 is 5.97 Å². The SMILES string of the molecule is CCCCCCCC1CCC2CC(c3ccc(C(=O)Oc4cc(F)c(F)c(F)c4)cc3F)CCC2C1. The molecule has 0 N–H and O–H groups in total. The molecule has 4 unspecified atom stereocenters. The number of carbonyl (C=O) groups is 1. The van der Waals surface area contributed by atoms with Crippen molar-refractivity contribution in [2.75, 3.05) is 0 Å². The van der Waals surface area contributed by atoms with Crippen LogP contribution in [0.15, 0.2) is 30.3 Å². The lowest BCUT2D eigenvalue weighted by Gasteiger charge is -2.42. The summed E-state index contributed by atoms with van der Waals surface area (Å²) < 4.78 is 59.9. The molecule has 2 saturated carbocycles. The Kier molecular flexibility index (Phi) is 9.08. The molecule has 0 amide bonds. The van der Waals surface area contributed by atoms with Crippen LogP contribution in [0.1, 0.15) is 106 Å². The average molecular weight is 505 g/mol. The van der Waals surface area contributed by atoms with Crippen LogP contribution in [0.4, 0.5) is 17.6 Å². The first-order valence-corrected chi connectivity index (χ1v) is 13.5. The van der Waals surface area contributed by atoms with Gasteiger partial charge in [-0.2, -0.15) is 0 Å². The van der Waals surface area contributed by atoms with Crippen LogP contribution in [-0.4, -0.2) is 5.97 Å². The molecule has 4 atom stereocenters. The predicted octanol–water partition coefficient (Wildman–Crippen LogP) is 9.12. The fourth-order valence-electron chi connectivity index (χ4n) is 6.31. The maximum absolute atomic E-state index is 15.1. The van der Waals surface area contributed by atoms with Crippen LogP contribution in [0.25, 0.3) is 0 Å². The van der Waals surface area contributed by atoms with Crippen molar-refractivity contribution >= 4 is 5.97 Å². The van der Waals surface area contributed by atoms with Crippen molar-refractivity contribution in [3.05, 3.63) is 64.7 Å². The summed E-state index contributed by atoms with van der Waals surface area (Å²) >= 11 is 0. The van der Waals surface area contributed by atoms with E-state index in [-0.39, 0.29) is 11.5 Å². The number of unbranched alkanes of at least 4 members (excludes halogenated alkanes) is 4. The number of benzene rings is 2. The first-order chi connectivity index (χ1) is 17.4. The Hall–Kier alpha value is -2.37. The number of esters is 1. The van der Waals surface area contributed by atoms with Gasteiger partial charge in [-0.1, -0.05) is 57.9 Å². The topological polar surface area (TPSA) is 26.3 Å². The maximum Gasteiger partial charge on any atom is 0.343 e. The van der Waals surface area contributed by atoms with E-state index in [1.54, 1.807) is 6.07 Å². The number of hydrogen-bond acceptors (Lipinski definition) is 2. The summed E-state index contributed by atoms with van der Waals surface area (Å²) in [4.78, 5) is 12.4. The zero-order valence-electron chi connectivity index (χ0n) is 21.0. The highest BCUT2D eigenvalue weighted by molar-refractivity contribution is 5.91. The summed E-state index contributed by atoms with van der Waals surface area (Å²) in [5.74, 6) is -4.13. The Balaban J connectivity index is 1.32. The van der Waals surface area contributed by atoms with Crippen molar-refractivity contribution < 1.29 is 27.1 Å². The minimum atomic E-state index is -1.64. The van der Waals surface area contributed by atoms with E-state index in [1.807, 2.05) is 0 Å². The molecule has 196 valence electrons. The van der Waals surface area contributed by atoms with Crippen LogP contribution < -0.4 is 4.74 Å². The van der Waals surface area contributed by atoms with Gasteiger partial charge in [0.2, 0.25) is 0 Å². The molecule has 2 aromatic carbocycles. The zero-order chi connectivity index (χ0) is 25.7. The van der Waals surface area contributed by atoms with Gasteiger partial charge in [-0.25, -0.2) is 22.4 Å². The third-order valence-corrected chi connectivity index (χ3v) is 8.28. The zero-order valence-corrected chi connectivity index (χ0v) is 21.0. The quantitative estimate of drug-likeness (QED) is 0.112. The Morgan fingerprint density at radius 3 is 2.25 bits per heavy atom. The number of halogens is 4. The lowest BCUT2D eigenvalue weighted by molar-refractivity contribution is 0.0733. The molecule has 0 radical (unpaired) electrons. The summed E-state index contributed by atoms with van der Waals surface area (Å²) in [5, 5.41) is 0. The van der Waals surface area contributed by atoms with Crippen molar-refractivity contribution in [1.82, 2.24) is 0 Å². The molecule has 0 aromatic heterocycles. The first kappa shape index (κ1) is 26.7. The van der Waals surface area contributed by atoms with E-state index in [1.165, 1.54) is 63.9 Å². The van der Waals surface area contributed by atoms with Gasteiger partial charge in [0.1, 0.15) is 11.6 Å². The highest BCUT2D eigenvalue weighted by atomic mass is 19.2. The Morgan fingerprint density at radius 2 is 1.53 bits per heavy atom. The standard InChI is InChI=1S/C30H36F4O2/c1-2-3-4-5-6-7-19-8-9-21-15-22(11-10-20(21)14-19)25-13-12-23(16-26(25)31)30(35)36-24-17-27(32)29(34)28(33)18-24/h12-13,16-22H,2-11,14-15H2,1H3. The summed E-state index contributed by atoms with van der Waals surface area (Å²) in [6.07, 6.45) is 14.8. The van der Waals surface area contributed by atoms with Crippen LogP contribution in [0, 0.1) is 41.0 Å². The average Bonchev–Trinajstić information content (AvgIpc) is 2.86. The minimum absolute atomic E-state index is 0.0606. The van der Waals surface area contributed by atoms with E-state index in [0.29, 0.717) is 23.6 Å². The first-order valence-electron chi connectivity index (χ1n) is 13.5. The normalized spacial score (nSPS) is 23.8. The monoisotopic (exact) mass is 504 g/mol. The third-order valence-electron chi connectivity index (χ3n) is 8.28. The highest BCUT2D eigenvalue weighted by Crippen LogP contribution is 2.48. The number of carbonyl (C=O) groups excluding carboxylic acids is 1. The lowest BCUT2D eigenvalue weighted by atomic mass is 9.63. The molecular formula is C30H36F4O2. The second kappa shape index (κ2) is 12.2. The van der Waals surface area contributed by atoms with Gasteiger partial charge in [0.05, 0.1) is 5.56 Å². The summed E-state index contributed by atoms with van der Waals surface area (Å²) in [7, 11) is 0. The van der Waals surface area contributed by atoms with Crippen molar-refractivity contribution in [3.8, 4) is 5.75 Å². The molecule has 0 aliphatic heterocycles. The van der Waals surface area contributed by atoms with Gasteiger partial charge in [0.15, 0.2) is 17.5 Å². The molecule has 2 aliphatic rings. The van der Waals surface area contributed by atoms with Gasteiger partial charge in [-0.15, -0.1) is 0 Å². The van der Waals surface area contributed by atoms with Crippen LogP contribution in [0.5, 0.6) is 5.75 Å². The summed E-state index contributed by atoms with van der Waals surface area (Å²) in [6.45, 7) is 2.24. The molecule has 36 heavy (non-hydrogen) atoms. The predicted molar refractivity (Wildman–Crippen MR) is 132 cm³/mol. The van der Waals surface area contributed by atoms with Crippen LogP contribution in [0.3, 0.4) is 0 Å². The Bertz CT molecular complexity index is 1030. The highest BCUT2D eigenvalue weighted by Gasteiger charge is 2.36. The second-order valence-electron chi connectivity index (χ2n) is 10.7. The second-order valence-corrected chi connectivity index (χ2v) is 10.7. The fraction of sp³-hybridized carbons (Fsp3) is 0.567.